The van der Waals surface area contributed by atoms with Crippen LogP contribution in [-0.4, -0.2) is 41.0 Å². The summed E-state index contributed by atoms with van der Waals surface area (Å²) in [6, 6.07) is 10.5. The number of amides is 1. The van der Waals surface area contributed by atoms with Gasteiger partial charge in [-0.2, -0.15) is 0 Å². The molecule has 8 heteroatoms. The van der Waals surface area contributed by atoms with E-state index in [2.05, 4.69) is 9.97 Å². The number of para-hydroxylation sites is 1. The van der Waals surface area contributed by atoms with Crippen LogP contribution < -0.4 is 15.0 Å². The van der Waals surface area contributed by atoms with Crippen LogP contribution in [0.5, 0.6) is 11.5 Å². The molecule has 0 aliphatic heterocycles. The van der Waals surface area contributed by atoms with Crippen LogP contribution in [0.4, 0.5) is 0 Å². The number of nitrogens with zero attached hydrogens (tertiary/aromatic N) is 2. The fraction of sp³-hybridized carbons (Fsp3) is 0.261. The van der Waals surface area contributed by atoms with Crippen LogP contribution in [0.1, 0.15) is 25.2 Å². The summed E-state index contributed by atoms with van der Waals surface area (Å²) in [6.45, 7) is 4.82. The van der Waals surface area contributed by atoms with E-state index >= 15 is 0 Å². The Hall–Kier alpha value is -3.32. The molecule has 7 nitrogen and oxygen atoms in total. The van der Waals surface area contributed by atoms with Gasteiger partial charge in [-0.3, -0.25) is 9.59 Å². The first-order valence-electron chi connectivity index (χ1n) is 9.92. The van der Waals surface area contributed by atoms with Crippen molar-refractivity contribution in [1.82, 2.24) is 14.9 Å². The number of hydrogen-bond acceptors (Lipinski definition) is 5. The number of carbonyl (C=O) groups is 1. The Bertz CT molecular complexity index is 1170. The van der Waals surface area contributed by atoms with Crippen molar-refractivity contribution < 1.29 is 14.3 Å². The van der Waals surface area contributed by atoms with Gasteiger partial charge < -0.3 is 19.4 Å². The fourth-order valence-electron chi connectivity index (χ4n) is 3.13. The van der Waals surface area contributed by atoms with Gasteiger partial charge in [-0.25, -0.2) is 4.98 Å². The summed E-state index contributed by atoms with van der Waals surface area (Å²) in [6.07, 6.45) is 3.11. The van der Waals surface area contributed by atoms with Crippen molar-refractivity contribution in [2.24, 2.45) is 0 Å². The molecule has 0 fully saturated rings. The maximum Gasteiger partial charge on any atom is 0.258 e. The minimum absolute atomic E-state index is 0.188. The number of hydrogen-bond donors (Lipinski definition) is 1. The molecular weight excluding hydrogens is 418 g/mol. The molecule has 31 heavy (non-hydrogen) atoms. The predicted octanol–water partition coefficient (Wildman–Crippen LogP) is 4.05. The molecule has 0 aliphatic rings. The zero-order valence-electron chi connectivity index (χ0n) is 17.6. The van der Waals surface area contributed by atoms with Crippen LogP contribution in [0.25, 0.3) is 17.0 Å². The minimum atomic E-state index is -0.226. The number of aromatic nitrogens is 2. The average Bonchev–Trinajstić information content (AvgIpc) is 2.77. The summed E-state index contributed by atoms with van der Waals surface area (Å²) in [5.74, 6) is 1.17. The lowest BCUT2D eigenvalue weighted by molar-refractivity contribution is -0.126. The molecule has 0 atom stereocenters. The normalized spacial score (nSPS) is 11.1. The topological polar surface area (TPSA) is 84.5 Å². The molecule has 0 radical (unpaired) electrons. The second-order valence-corrected chi connectivity index (χ2v) is 7.09. The molecule has 3 rings (SSSR count). The fourth-order valence-corrected chi connectivity index (χ4v) is 3.40. The van der Waals surface area contributed by atoms with Gasteiger partial charge in [0.25, 0.3) is 5.56 Å². The van der Waals surface area contributed by atoms with Crippen molar-refractivity contribution in [3.05, 3.63) is 69.2 Å². The van der Waals surface area contributed by atoms with Crippen molar-refractivity contribution in [3.63, 3.8) is 0 Å². The van der Waals surface area contributed by atoms with E-state index in [1.165, 1.54) is 13.2 Å². The highest BCUT2D eigenvalue weighted by atomic mass is 35.5. The second kappa shape index (κ2) is 10.1. The molecule has 2 aromatic carbocycles. The monoisotopic (exact) mass is 441 g/mol. The Morgan fingerprint density at radius 2 is 2.03 bits per heavy atom. The third-order valence-corrected chi connectivity index (χ3v) is 4.94. The lowest BCUT2D eigenvalue weighted by atomic mass is 10.1. The highest BCUT2D eigenvalue weighted by Crippen LogP contribution is 2.36. The molecule has 1 N–H and O–H groups in total. The quantitative estimate of drug-likeness (QED) is 0.533. The number of fused-ring (bicyclic) bond motifs is 1. The van der Waals surface area contributed by atoms with E-state index in [9.17, 15) is 9.59 Å². The molecule has 1 amide bonds. The number of rotatable bonds is 8. The number of ether oxygens (including phenoxy) is 2. The highest BCUT2D eigenvalue weighted by Gasteiger charge is 2.14. The van der Waals surface area contributed by atoms with Gasteiger partial charge in [-0.15, -0.1) is 0 Å². The van der Waals surface area contributed by atoms with E-state index in [1.54, 1.807) is 41.3 Å². The largest absolute Gasteiger partial charge is 0.493 e. The van der Waals surface area contributed by atoms with Crippen LogP contribution in [-0.2, 0) is 11.3 Å². The Morgan fingerprint density at radius 3 is 2.74 bits per heavy atom. The molecule has 0 unspecified atom stereocenters. The highest BCUT2D eigenvalue weighted by molar-refractivity contribution is 6.32. The maximum atomic E-state index is 12.7. The SMILES string of the molecule is CCOc1c(Cl)cc(/C=C/C(=O)N(CC)Cc2nc3ccccc3c(=O)[nH]2)cc1OC. The summed E-state index contributed by atoms with van der Waals surface area (Å²) in [4.78, 5) is 33.8. The first kappa shape index (κ1) is 22.4. The van der Waals surface area contributed by atoms with Gasteiger partial charge in [0.1, 0.15) is 5.82 Å². The van der Waals surface area contributed by atoms with E-state index < -0.39 is 0 Å². The third-order valence-electron chi connectivity index (χ3n) is 4.65. The Labute approximate surface area is 185 Å². The molecule has 1 aromatic heterocycles. The van der Waals surface area contributed by atoms with Crippen molar-refractivity contribution in [1.29, 1.82) is 0 Å². The number of halogens is 1. The van der Waals surface area contributed by atoms with E-state index in [0.29, 0.717) is 52.0 Å². The van der Waals surface area contributed by atoms with Crippen molar-refractivity contribution >= 4 is 34.5 Å². The minimum Gasteiger partial charge on any atom is -0.493 e. The number of benzene rings is 2. The van der Waals surface area contributed by atoms with Gasteiger partial charge in [0.2, 0.25) is 5.91 Å². The number of H-pyrrole nitrogens is 1. The van der Waals surface area contributed by atoms with Crippen molar-refractivity contribution in [3.8, 4) is 11.5 Å². The van der Waals surface area contributed by atoms with Crippen LogP contribution >= 0.6 is 11.6 Å². The lowest BCUT2D eigenvalue weighted by Crippen LogP contribution is -2.30. The zero-order chi connectivity index (χ0) is 22.4. The summed E-state index contributed by atoms with van der Waals surface area (Å²) in [5.41, 5.74) is 1.07. The molecule has 0 saturated carbocycles. The van der Waals surface area contributed by atoms with Gasteiger partial charge in [0.05, 0.1) is 36.2 Å². The van der Waals surface area contributed by atoms with E-state index in [-0.39, 0.29) is 18.0 Å². The Balaban J connectivity index is 1.79. The molecule has 0 aliphatic carbocycles. The summed E-state index contributed by atoms with van der Waals surface area (Å²) in [5, 5.41) is 0.917. The van der Waals surface area contributed by atoms with Crippen LogP contribution in [0.3, 0.4) is 0 Å². The van der Waals surface area contributed by atoms with Crippen LogP contribution in [0.2, 0.25) is 5.02 Å². The zero-order valence-corrected chi connectivity index (χ0v) is 18.4. The van der Waals surface area contributed by atoms with E-state index in [1.807, 2.05) is 19.9 Å². The number of aromatic amines is 1. The summed E-state index contributed by atoms with van der Waals surface area (Å²) < 4.78 is 10.8. The number of nitrogens with one attached hydrogen (secondary N) is 1. The van der Waals surface area contributed by atoms with Crippen molar-refractivity contribution in [2.75, 3.05) is 20.3 Å². The predicted molar refractivity (Wildman–Crippen MR) is 122 cm³/mol. The standard InChI is InChI=1S/C23H24ClN3O4/c1-4-27(14-20-25-18-9-7-6-8-16(18)23(29)26-20)21(28)11-10-15-12-17(24)22(31-5-2)19(13-15)30-3/h6-13H,4-5,14H2,1-3H3,(H,25,26,29)/b11-10+. The maximum absolute atomic E-state index is 12.7. The van der Waals surface area contributed by atoms with E-state index in [4.69, 9.17) is 21.1 Å². The number of likely N-dealkylation sites (N-methyl/N-ethyl adjacent to an activating group) is 1. The van der Waals surface area contributed by atoms with Crippen LogP contribution in [0.15, 0.2) is 47.3 Å². The number of methoxy groups -OCH3 is 1. The summed E-state index contributed by atoms with van der Waals surface area (Å²) >= 11 is 6.29. The van der Waals surface area contributed by atoms with Gasteiger partial charge in [-0.1, -0.05) is 23.7 Å². The first-order valence-corrected chi connectivity index (χ1v) is 10.3. The van der Waals surface area contributed by atoms with Crippen molar-refractivity contribution in [2.45, 2.75) is 20.4 Å². The molecular formula is C23H24ClN3O4. The molecule has 162 valence electrons. The Morgan fingerprint density at radius 1 is 1.26 bits per heavy atom. The smallest absolute Gasteiger partial charge is 0.258 e. The molecule has 0 spiro atoms. The van der Waals surface area contributed by atoms with Gasteiger partial charge in [0.15, 0.2) is 11.5 Å². The van der Waals surface area contributed by atoms with Gasteiger partial charge >= 0.3 is 0 Å². The molecule has 0 bridgehead atoms. The molecule has 3 aromatic rings. The van der Waals surface area contributed by atoms with Gasteiger partial charge in [0, 0.05) is 12.6 Å². The summed E-state index contributed by atoms with van der Waals surface area (Å²) in [7, 11) is 1.53. The second-order valence-electron chi connectivity index (χ2n) is 6.68. The average molecular weight is 442 g/mol. The van der Waals surface area contributed by atoms with E-state index in [0.717, 1.165) is 0 Å². The van der Waals surface area contributed by atoms with Gasteiger partial charge in [-0.05, 0) is 49.8 Å². The number of carbonyl (C=O) groups excluding carboxylic acids is 1. The molecule has 1 heterocycles. The molecule has 0 saturated heterocycles. The Kier molecular flexibility index (Phi) is 7.31. The third kappa shape index (κ3) is 5.24. The van der Waals surface area contributed by atoms with Crippen LogP contribution in [0, 0.1) is 0 Å². The lowest BCUT2D eigenvalue weighted by Gasteiger charge is -2.18. The first-order chi connectivity index (χ1) is 15.0.